The SMILES string of the molecule is CN=C(NCC(=O)NCCc1ccccc1)N1CCC(COC)C1. The van der Waals surface area contributed by atoms with Gasteiger partial charge in [0.1, 0.15) is 0 Å². The number of hydrogen-bond acceptors (Lipinski definition) is 3. The molecular formula is C18H28N4O2. The van der Waals surface area contributed by atoms with Crippen molar-refractivity contribution in [2.24, 2.45) is 10.9 Å². The number of hydrogen-bond donors (Lipinski definition) is 2. The molecule has 0 aliphatic carbocycles. The van der Waals surface area contributed by atoms with Crippen LogP contribution in [0.1, 0.15) is 12.0 Å². The van der Waals surface area contributed by atoms with Gasteiger partial charge in [0.25, 0.3) is 0 Å². The molecule has 2 N–H and O–H groups in total. The minimum absolute atomic E-state index is 0.0141. The van der Waals surface area contributed by atoms with Crippen LogP contribution in [0.5, 0.6) is 0 Å². The molecule has 1 fully saturated rings. The molecule has 0 spiro atoms. The smallest absolute Gasteiger partial charge is 0.239 e. The molecule has 0 radical (unpaired) electrons. The first kappa shape index (κ1) is 18.3. The van der Waals surface area contributed by atoms with Crippen molar-refractivity contribution >= 4 is 11.9 Å². The minimum atomic E-state index is -0.0141. The first-order valence-corrected chi connectivity index (χ1v) is 8.48. The number of carbonyl (C=O) groups is 1. The predicted molar refractivity (Wildman–Crippen MR) is 96.1 cm³/mol. The van der Waals surface area contributed by atoms with Gasteiger partial charge in [-0.3, -0.25) is 9.79 Å². The lowest BCUT2D eigenvalue weighted by Gasteiger charge is -2.21. The summed E-state index contributed by atoms with van der Waals surface area (Å²) >= 11 is 0. The van der Waals surface area contributed by atoms with Gasteiger partial charge in [-0.2, -0.15) is 0 Å². The average Bonchev–Trinajstić information content (AvgIpc) is 3.05. The van der Waals surface area contributed by atoms with Gasteiger partial charge in [-0.25, -0.2) is 0 Å². The fraction of sp³-hybridized carbons (Fsp3) is 0.556. The quantitative estimate of drug-likeness (QED) is 0.575. The summed E-state index contributed by atoms with van der Waals surface area (Å²) in [7, 11) is 3.48. The Morgan fingerprint density at radius 2 is 2.12 bits per heavy atom. The van der Waals surface area contributed by atoms with Crippen molar-refractivity contribution in [3.05, 3.63) is 35.9 Å². The molecule has 1 unspecified atom stereocenters. The van der Waals surface area contributed by atoms with E-state index in [0.717, 1.165) is 38.5 Å². The van der Waals surface area contributed by atoms with Crippen LogP contribution in [0.2, 0.25) is 0 Å². The van der Waals surface area contributed by atoms with Gasteiger partial charge in [-0.15, -0.1) is 0 Å². The maximum absolute atomic E-state index is 12.0. The molecule has 1 aromatic rings. The second kappa shape index (κ2) is 9.93. The summed E-state index contributed by atoms with van der Waals surface area (Å²) in [6, 6.07) is 10.1. The number of carbonyl (C=O) groups excluding carboxylic acids is 1. The Kier molecular flexibility index (Phi) is 7.55. The zero-order chi connectivity index (χ0) is 17.2. The number of ether oxygens (including phenoxy) is 1. The summed E-state index contributed by atoms with van der Waals surface area (Å²) in [5, 5.41) is 6.08. The molecule has 1 aromatic carbocycles. The first-order chi connectivity index (χ1) is 11.7. The third-order valence-corrected chi connectivity index (χ3v) is 4.19. The second-order valence-corrected chi connectivity index (χ2v) is 6.04. The zero-order valence-electron chi connectivity index (χ0n) is 14.6. The molecule has 2 rings (SSSR count). The number of nitrogens with one attached hydrogen (secondary N) is 2. The van der Waals surface area contributed by atoms with E-state index in [1.54, 1.807) is 14.2 Å². The van der Waals surface area contributed by atoms with Crippen LogP contribution in [-0.4, -0.2) is 63.7 Å². The molecule has 1 atom stereocenters. The van der Waals surface area contributed by atoms with Crippen LogP contribution in [0, 0.1) is 5.92 Å². The molecule has 0 bridgehead atoms. The Hall–Kier alpha value is -2.08. The largest absolute Gasteiger partial charge is 0.384 e. The van der Waals surface area contributed by atoms with Crippen LogP contribution in [0.15, 0.2) is 35.3 Å². The Morgan fingerprint density at radius 3 is 2.83 bits per heavy atom. The minimum Gasteiger partial charge on any atom is -0.384 e. The summed E-state index contributed by atoms with van der Waals surface area (Å²) in [5.74, 6) is 1.31. The van der Waals surface area contributed by atoms with Crippen LogP contribution < -0.4 is 10.6 Å². The standard InChI is InChI=1S/C18H28N4O2/c1-19-18(22-11-9-16(13-22)14-24-2)21-12-17(23)20-10-8-15-6-4-3-5-7-15/h3-7,16H,8-14H2,1-2H3,(H,19,21)(H,20,23). The molecule has 132 valence electrons. The number of guanidine groups is 1. The lowest BCUT2D eigenvalue weighted by molar-refractivity contribution is -0.120. The van der Waals surface area contributed by atoms with Crippen molar-refractivity contribution < 1.29 is 9.53 Å². The molecule has 6 heteroatoms. The third kappa shape index (κ3) is 5.85. The van der Waals surface area contributed by atoms with E-state index < -0.39 is 0 Å². The molecule has 0 aromatic heterocycles. The number of nitrogens with zero attached hydrogens (tertiary/aromatic N) is 2. The van der Waals surface area contributed by atoms with Crippen molar-refractivity contribution in [3.63, 3.8) is 0 Å². The Labute approximate surface area is 144 Å². The van der Waals surface area contributed by atoms with Crippen LogP contribution >= 0.6 is 0 Å². The lowest BCUT2D eigenvalue weighted by atomic mass is 10.1. The lowest BCUT2D eigenvalue weighted by Crippen LogP contribution is -2.45. The number of methoxy groups -OCH3 is 1. The summed E-state index contributed by atoms with van der Waals surface area (Å²) in [5.41, 5.74) is 1.22. The van der Waals surface area contributed by atoms with Crippen molar-refractivity contribution in [1.82, 2.24) is 15.5 Å². The van der Waals surface area contributed by atoms with E-state index >= 15 is 0 Å². The fourth-order valence-electron chi connectivity index (χ4n) is 2.94. The van der Waals surface area contributed by atoms with E-state index in [-0.39, 0.29) is 12.5 Å². The van der Waals surface area contributed by atoms with Crippen molar-refractivity contribution in [2.75, 3.05) is 46.9 Å². The summed E-state index contributed by atoms with van der Waals surface area (Å²) in [6.45, 7) is 3.52. The Balaban J connectivity index is 1.66. The molecule has 24 heavy (non-hydrogen) atoms. The van der Waals surface area contributed by atoms with Gasteiger partial charge < -0.3 is 20.3 Å². The van der Waals surface area contributed by atoms with Crippen LogP contribution in [0.3, 0.4) is 0 Å². The van der Waals surface area contributed by atoms with Gasteiger partial charge in [0, 0.05) is 39.7 Å². The van der Waals surface area contributed by atoms with Crippen LogP contribution in [-0.2, 0) is 16.0 Å². The van der Waals surface area contributed by atoms with Gasteiger partial charge in [0.05, 0.1) is 13.2 Å². The van der Waals surface area contributed by atoms with Gasteiger partial charge in [-0.05, 0) is 18.4 Å². The van der Waals surface area contributed by atoms with Crippen molar-refractivity contribution in [3.8, 4) is 0 Å². The van der Waals surface area contributed by atoms with Gasteiger partial charge >= 0.3 is 0 Å². The molecule has 6 nitrogen and oxygen atoms in total. The number of benzene rings is 1. The molecule has 0 saturated carbocycles. The highest BCUT2D eigenvalue weighted by molar-refractivity contribution is 5.86. The molecule has 1 aliphatic heterocycles. The first-order valence-electron chi connectivity index (χ1n) is 8.48. The number of likely N-dealkylation sites (tertiary alicyclic amines) is 1. The molecule has 1 saturated heterocycles. The van der Waals surface area contributed by atoms with Crippen LogP contribution in [0.25, 0.3) is 0 Å². The number of amides is 1. The summed E-state index contributed by atoms with van der Waals surface area (Å²) in [4.78, 5) is 18.4. The van der Waals surface area contributed by atoms with E-state index in [9.17, 15) is 4.79 Å². The van der Waals surface area contributed by atoms with E-state index in [0.29, 0.717) is 12.5 Å². The molecule has 1 aliphatic rings. The molecule has 1 amide bonds. The predicted octanol–water partition coefficient (Wildman–Crippen LogP) is 0.889. The maximum Gasteiger partial charge on any atom is 0.239 e. The van der Waals surface area contributed by atoms with E-state index in [2.05, 4.69) is 32.7 Å². The monoisotopic (exact) mass is 332 g/mol. The zero-order valence-corrected chi connectivity index (χ0v) is 14.6. The van der Waals surface area contributed by atoms with Crippen molar-refractivity contribution in [2.45, 2.75) is 12.8 Å². The highest BCUT2D eigenvalue weighted by Crippen LogP contribution is 2.16. The highest BCUT2D eigenvalue weighted by Gasteiger charge is 2.24. The summed E-state index contributed by atoms with van der Waals surface area (Å²) in [6.07, 6.45) is 1.93. The van der Waals surface area contributed by atoms with Gasteiger partial charge in [-0.1, -0.05) is 30.3 Å². The Bertz CT molecular complexity index is 533. The number of rotatable bonds is 7. The van der Waals surface area contributed by atoms with E-state index in [4.69, 9.17) is 4.74 Å². The topological polar surface area (TPSA) is 66.0 Å². The van der Waals surface area contributed by atoms with Crippen molar-refractivity contribution in [1.29, 1.82) is 0 Å². The van der Waals surface area contributed by atoms with E-state index in [1.807, 2.05) is 18.2 Å². The van der Waals surface area contributed by atoms with Crippen LogP contribution in [0.4, 0.5) is 0 Å². The summed E-state index contributed by atoms with van der Waals surface area (Å²) < 4.78 is 5.22. The maximum atomic E-state index is 12.0. The van der Waals surface area contributed by atoms with Gasteiger partial charge in [0.2, 0.25) is 5.91 Å². The highest BCUT2D eigenvalue weighted by atomic mass is 16.5. The third-order valence-electron chi connectivity index (χ3n) is 4.19. The number of aliphatic imine (C=N–C) groups is 1. The second-order valence-electron chi connectivity index (χ2n) is 6.04. The molecule has 1 heterocycles. The molecular weight excluding hydrogens is 304 g/mol. The fourth-order valence-corrected chi connectivity index (χ4v) is 2.94. The van der Waals surface area contributed by atoms with E-state index in [1.165, 1.54) is 5.56 Å². The Morgan fingerprint density at radius 1 is 1.33 bits per heavy atom. The van der Waals surface area contributed by atoms with Gasteiger partial charge in [0.15, 0.2) is 5.96 Å². The normalized spacial score (nSPS) is 17.8. The average molecular weight is 332 g/mol.